The number of non-ortho nitro benzene ring substituents is 1. The highest BCUT2D eigenvalue weighted by Gasteiger charge is 2.35. The van der Waals surface area contributed by atoms with Crippen LogP contribution in [0.4, 0.5) is 17.1 Å². The Hall–Kier alpha value is -3.18. The highest BCUT2D eigenvalue weighted by Crippen LogP contribution is 2.35. The zero-order chi connectivity index (χ0) is 21.9. The molecule has 29 heavy (non-hydrogen) atoms. The van der Waals surface area contributed by atoms with Gasteiger partial charge in [0, 0.05) is 24.7 Å². The first kappa shape index (κ1) is 22.1. The molecule has 0 saturated carbocycles. The van der Waals surface area contributed by atoms with E-state index in [0.29, 0.717) is 9.99 Å². The van der Waals surface area contributed by atoms with Gasteiger partial charge < -0.3 is 10.4 Å². The molecule has 0 aliphatic heterocycles. The summed E-state index contributed by atoms with van der Waals surface area (Å²) >= 11 is 6.05. The molecule has 0 spiro atoms. The standard InChI is InChI=1S/C17H16ClN3O7S/c1-10(17(23)24)20(16-9-13(21(25)26)5-8-15(16)18)29(27,28)14-6-3-12(4-7-14)19-11(2)22/h3-10H,1-2H3,(H,19,22)(H,23,24). The van der Waals surface area contributed by atoms with Crippen molar-refractivity contribution in [3.05, 3.63) is 57.6 Å². The van der Waals surface area contributed by atoms with Gasteiger partial charge >= 0.3 is 5.97 Å². The number of nitrogens with zero attached hydrogens (tertiary/aromatic N) is 2. The van der Waals surface area contributed by atoms with E-state index >= 15 is 0 Å². The molecule has 0 aromatic heterocycles. The zero-order valence-electron chi connectivity index (χ0n) is 15.2. The maximum absolute atomic E-state index is 13.2. The van der Waals surface area contributed by atoms with Gasteiger partial charge in [-0.25, -0.2) is 13.2 Å². The monoisotopic (exact) mass is 441 g/mol. The number of carboxylic acid groups (broad SMARTS) is 1. The van der Waals surface area contributed by atoms with Crippen LogP contribution in [0.15, 0.2) is 47.4 Å². The molecule has 0 saturated heterocycles. The first-order valence-electron chi connectivity index (χ1n) is 8.04. The fourth-order valence-corrected chi connectivity index (χ4v) is 4.34. The van der Waals surface area contributed by atoms with Crippen molar-refractivity contribution in [1.29, 1.82) is 0 Å². The third-order valence-electron chi connectivity index (χ3n) is 3.82. The molecule has 2 aromatic carbocycles. The summed E-state index contributed by atoms with van der Waals surface area (Å²) in [5, 5.41) is 22.8. The molecule has 1 atom stereocenters. The number of halogens is 1. The Morgan fingerprint density at radius 2 is 1.79 bits per heavy atom. The number of benzene rings is 2. The lowest BCUT2D eigenvalue weighted by molar-refractivity contribution is -0.384. The lowest BCUT2D eigenvalue weighted by Gasteiger charge is -2.28. The number of carbonyl (C=O) groups excluding carboxylic acids is 1. The molecule has 154 valence electrons. The van der Waals surface area contributed by atoms with Crippen LogP contribution in [0.25, 0.3) is 0 Å². The molecule has 0 heterocycles. The minimum atomic E-state index is -4.48. The van der Waals surface area contributed by atoms with Gasteiger partial charge in [-0.3, -0.25) is 19.2 Å². The topological polar surface area (TPSA) is 147 Å². The first-order valence-corrected chi connectivity index (χ1v) is 9.85. The van der Waals surface area contributed by atoms with E-state index in [-0.39, 0.29) is 21.5 Å². The van der Waals surface area contributed by atoms with Crippen LogP contribution in [-0.2, 0) is 19.6 Å². The van der Waals surface area contributed by atoms with Crippen LogP contribution >= 0.6 is 11.6 Å². The number of sulfonamides is 1. The summed E-state index contributed by atoms with van der Waals surface area (Å²) in [6.07, 6.45) is 0. The molecule has 0 aliphatic carbocycles. The molecule has 2 rings (SSSR count). The third kappa shape index (κ3) is 4.81. The summed E-state index contributed by atoms with van der Waals surface area (Å²) in [5.74, 6) is -1.84. The summed E-state index contributed by atoms with van der Waals surface area (Å²) < 4.78 is 26.9. The fraction of sp³-hybridized carbons (Fsp3) is 0.176. The van der Waals surface area contributed by atoms with E-state index in [1.54, 1.807) is 0 Å². The van der Waals surface area contributed by atoms with Crippen molar-refractivity contribution >= 4 is 50.6 Å². The SMILES string of the molecule is CC(=O)Nc1ccc(S(=O)(=O)N(c2cc([N+](=O)[O-])ccc2Cl)C(C)C(=O)O)cc1. The van der Waals surface area contributed by atoms with Crippen LogP contribution in [0.3, 0.4) is 0 Å². The van der Waals surface area contributed by atoms with E-state index in [1.165, 1.54) is 31.2 Å². The first-order chi connectivity index (χ1) is 13.4. The Morgan fingerprint density at radius 1 is 1.21 bits per heavy atom. The second kappa shape index (κ2) is 8.45. The molecule has 10 nitrogen and oxygen atoms in total. The van der Waals surface area contributed by atoms with Crippen molar-refractivity contribution < 1.29 is 28.0 Å². The van der Waals surface area contributed by atoms with Crippen LogP contribution in [0.5, 0.6) is 0 Å². The van der Waals surface area contributed by atoms with Crippen molar-refractivity contribution in [3.63, 3.8) is 0 Å². The molecule has 2 aromatic rings. The fourth-order valence-electron chi connectivity index (χ4n) is 2.46. The summed E-state index contributed by atoms with van der Waals surface area (Å²) in [7, 11) is -4.48. The molecule has 0 bridgehead atoms. The van der Waals surface area contributed by atoms with Gasteiger partial charge in [0.2, 0.25) is 5.91 Å². The van der Waals surface area contributed by atoms with E-state index in [0.717, 1.165) is 25.1 Å². The minimum Gasteiger partial charge on any atom is -0.480 e. The largest absolute Gasteiger partial charge is 0.480 e. The van der Waals surface area contributed by atoms with Crippen LogP contribution < -0.4 is 9.62 Å². The van der Waals surface area contributed by atoms with Crippen molar-refractivity contribution in [1.82, 2.24) is 0 Å². The second-order valence-corrected chi connectivity index (χ2v) is 8.14. The number of hydrogen-bond donors (Lipinski definition) is 2. The number of carboxylic acids is 1. The Bertz CT molecular complexity index is 1070. The lowest BCUT2D eigenvalue weighted by atomic mass is 10.2. The van der Waals surface area contributed by atoms with Gasteiger partial charge in [-0.2, -0.15) is 0 Å². The number of anilines is 2. The normalized spacial score (nSPS) is 12.1. The maximum Gasteiger partial charge on any atom is 0.327 e. The Balaban J connectivity index is 2.64. The van der Waals surface area contributed by atoms with Crippen LogP contribution in [-0.4, -0.2) is 36.4 Å². The Labute approximate surface area is 170 Å². The van der Waals surface area contributed by atoms with Gasteiger partial charge in [0.1, 0.15) is 6.04 Å². The van der Waals surface area contributed by atoms with E-state index in [1.807, 2.05) is 0 Å². The number of nitro groups is 1. The van der Waals surface area contributed by atoms with Gasteiger partial charge in [-0.05, 0) is 37.3 Å². The summed E-state index contributed by atoms with van der Waals surface area (Å²) in [5.41, 5.74) is -0.465. The number of hydrogen-bond acceptors (Lipinski definition) is 6. The van der Waals surface area contributed by atoms with Gasteiger partial charge in [-0.1, -0.05) is 11.6 Å². The van der Waals surface area contributed by atoms with Crippen molar-refractivity contribution in [2.24, 2.45) is 0 Å². The molecule has 12 heteroatoms. The number of rotatable bonds is 7. The number of amides is 1. The molecular weight excluding hydrogens is 426 g/mol. The van der Waals surface area contributed by atoms with Crippen molar-refractivity contribution in [2.45, 2.75) is 24.8 Å². The van der Waals surface area contributed by atoms with Crippen molar-refractivity contribution in [3.8, 4) is 0 Å². The molecule has 1 unspecified atom stereocenters. The van der Waals surface area contributed by atoms with Gasteiger partial charge in [0.05, 0.1) is 20.5 Å². The zero-order valence-corrected chi connectivity index (χ0v) is 16.8. The molecule has 2 N–H and O–H groups in total. The van der Waals surface area contributed by atoms with Crippen LogP contribution in [0.1, 0.15) is 13.8 Å². The highest BCUT2D eigenvalue weighted by molar-refractivity contribution is 7.93. The summed E-state index contributed by atoms with van der Waals surface area (Å²) in [6.45, 7) is 2.39. The van der Waals surface area contributed by atoms with Gasteiger partial charge in [0.25, 0.3) is 15.7 Å². The molecule has 0 fully saturated rings. The second-order valence-electron chi connectivity index (χ2n) is 5.91. The average molecular weight is 442 g/mol. The smallest absolute Gasteiger partial charge is 0.327 e. The number of nitrogens with one attached hydrogen (secondary N) is 1. The van der Waals surface area contributed by atoms with E-state index in [9.17, 15) is 33.2 Å². The van der Waals surface area contributed by atoms with Crippen molar-refractivity contribution in [2.75, 3.05) is 9.62 Å². The van der Waals surface area contributed by atoms with Crippen LogP contribution in [0, 0.1) is 10.1 Å². The Morgan fingerprint density at radius 3 is 2.28 bits per heavy atom. The molecule has 0 aliphatic rings. The molecular formula is C17H16ClN3O7S. The predicted molar refractivity (Wildman–Crippen MR) is 106 cm³/mol. The predicted octanol–water partition coefficient (Wildman–Crippen LogP) is 2.88. The lowest BCUT2D eigenvalue weighted by Crippen LogP contribution is -2.43. The third-order valence-corrected chi connectivity index (χ3v) is 6.04. The average Bonchev–Trinajstić information content (AvgIpc) is 2.62. The Kier molecular flexibility index (Phi) is 6.44. The van der Waals surface area contributed by atoms with Gasteiger partial charge in [-0.15, -0.1) is 0 Å². The summed E-state index contributed by atoms with van der Waals surface area (Å²) in [4.78, 5) is 32.7. The van der Waals surface area contributed by atoms with E-state index in [2.05, 4.69) is 5.32 Å². The molecule has 1 amide bonds. The van der Waals surface area contributed by atoms with Crippen LogP contribution in [0.2, 0.25) is 5.02 Å². The quantitative estimate of drug-likeness (QED) is 0.495. The molecule has 0 radical (unpaired) electrons. The van der Waals surface area contributed by atoms with E-state index < -0.39 is 32.6 Å². The number of nitro benzene ring substituents is 1. The number of carbonyl (C=O) groups is 2. The summed E-state index contributed by atoms with van der Waals surface area (Å²) in [6, 6.07) is 6.47. The van der Waals surface area contributed by atoms with E-state index in [4.69, 9.17) is 11.6 Å². The number of aliphatic carboxylic acids is 1. The highest BCUT2D eigenvalue weighted by atomic mass is 35.5. The maximum atomic E-state index is 13.2. The minimum absolute atomic E-state index is 0.179. The van der Waals surface area contributed by atoms with Gasteiger partial charge in [0.15, 0.2) is 0 Å².